The summed E-state index contributed by atoms with van der Waals surface area (Å²) in [6, 6.07) is 12.1. The molecule has 8 heteroatoms. The maximum absolute atomic E-state index is 12.9. The van der Waals surface area contributed by atoms with E-state index in [9.17, 15) is 17.6 Å². The molecule has 1 N–H and O–H groups in total. The predicted molar refractivity (Wildman–Crippen MR) is 97.8 cm³/mol. The summed E-state index contributed by atoms with van der Waals surface area (Å²) in [5.41, 5.74) is 4.30. The maximum Gasteiger partial charge on any atom is 0.255 e. The molecule has 0 unspecified atom stereocenters. The zero-order chi connectivity index (χ0) is 19.2. The molecular formula is C18H20FN3O3S. The minimum Gasteiger partial charge on any atom is -0.272 e. The normalized spacial score (nSPS) is 11.8. The topological polar surface area (TPSA) is 78.8 Å². The molecule has 0 bridgehead atoms. The number of hydrogen-bond acceptors (Lipinski definition) is 4. The molecule has 0 atom stereocenters. The van der Waals surface area contributed by atoms with Crippen LogP contribution in [0.25, 0.3) is 0 Å². The summed E-state index contributed by atoms with van der Waals surface area (Å²) < 4.78 is 38.4. The van der Waals surface area contributed by atoms with Gasteiger partial charge >= 0.3 is 0 Å². The molecule has 0 aliphatic heterocycles. The van der Waals surface area contributed by atoms with E-state index in [1.165, 1.54) is 18.8 Å². The van der Waals surface area contributed by atoms with Gasteiger partial charge < -0.3 is 0 Å². The van der Waals surface area contributed by atoms with Crippen molar-refractivity contribution in [1.29, 1.82) is 0 Å². The summed E-state index contributed by atoms with van der Waals surface area (Å²) in [5, 5.41) is 3.82. The number of nitrogens with one attached hydrogen (secondary N) is 1. The van der Waals surface area contributed by atoms with Crippen molar-refractivity contribution in [3.8, 4) is 0 Å². The van der Waals surface area contributed by atoms with Gasteiger partial charge in [0.1, 0.15) is 5.82 Å². The molecule has 0 aliphatic rings. The number of hydrogen-bond donors (Lipinski definition) is 1. The standard InChI is InChI=1S/C18H20FN3O3S/c1-3-14-4-6-15(7-5-14)12-20-21-18(23)13-22(2)26(24,25)17-10-8-16(19)9-11-17/h4-12H,3,13H2,1-2H3,(H,21,23)/b20-12-. The van der Waals surface area contributed by atoms with Crippen LogP contribution in [0.5, 0.6) is 0 Å². The van der Waals surface area contributed by atoms with Crippen LogP contribution < -0.4 is 5.43 Å². The van der Waals surface area contributed by atoms with Crippen LogP contribution in [0.2, 0.25) is 0 Å². The van der Waals surface area contributed by atoms with Gasteiger partial charge in [-0.1, -0.05) is 31.2 Å². The van der Waals surface area contributed by atoms with Crippen LogP contribution in [0.1, 0.15) is 18.1 Å². The number of hydrazone groups is 1. The minimum absolute atomic E-state index is 0.0892. The Labute approximate surface area is 152 Å². The lowest BCUT2D eigenvalue weighted by Gasteiger charge is -2.16. The fraction of sp³-hybridized carbons (Fsp3) is 0.222. The van der Waals surface area contributed by atoms with E-state index in [2.05, 4.69) is 17.5 Å². The third kappa shape index (κ3) is 5.21. The molecule has 2 rings (SSSR count). The van der Waals surface area contributed by atoms with Crippen molar-refractivity contribution >= 4 is 22.1 Å². The summed E-state index contributed by atoms with van der Waals surface area (Å²) >= 11 is 0. The minimum atomic E-state index is -3.88. The van der Waals surface area contributed by atoms with Crippen LogP contribution in [0.15, 0.2) is 58.5 Å². The Hall–Kier alpha value is -2.58. The molecule has 1 amide bonds. The molecule has 0 saturated carbocycles. The highest BCUT2D eigenvalue weighted by molar-refractivity contribution is 7.89. The van der Waals surface area contributed by atoms with Gasteiger partial charge in [-0.15, -0.1) is 0 Å². The number of benzene rings is 2. The van der Waals surface area contributed by atoms with Crippen LogP contribution >= 0.6 is 0 Å². The van der Waals surface area contributed by atoms with Crippen LogP contribution in [0, 0.1) is 5.82 Å². The molecule has 0 fully saturated rings. The Bertz CT molecular complexity index is 879. The van der Waals surface area contributed by atoms with Gasteiger partial charge in [0.15, 0.2) is 0 Å². The fourth-order valence-electron chi connectivity index (χ4n) is 2.13. The molecule has 2 aromatic rings. The zero-order valence-electron chi connectivity index (χ0n) is 14.5. The van der Waals surface area contributed by atoms with E-state index in [0.29, 0.717) is 0 Å². The molecule has 2 aromatic carbocycles. The molecule has 0 heterocycles. The molecule has 0 aromatic heterocycles. The van der Waals surface area contributed by atoms with E-state index < -0.39 is 28.3 Å². The molecule has 0 spiro atoms. The van der Waals surface area contributed by atoms with E-state index in [1.54, 1.807) is 0 Å². The van der Waals surface area contributed by atoms with Gasteiger partial charge in [-0.05, 0) is 41.8 Å². The van der Waals surface area contributed by atoms with Crippen molar-refractivity contribution < 1.29 is 17.6 Å². The number of rotatable bonds is 7. The predicted octanol–water partition coefficient (Wildman–Crippen LogP) is 2.16. The summed E-state index contributed by atoms with van der Waals surface area (Å²) in [5.74, 6) is -1.12. The van der Waals surface area contributed by atoms with Gasteiger partial charge in [-0.3, -0.25) is 4.79 Å². The van der Waals surface area contributed by atoms with Crippen molar-refractivity contribution in [2.75, 3.05) is 13.6 Å². The van der Waals surface area contributed by atoms with E-state index in [4.69, 9.17) is 0 Å². The van der Waals surface area contributed by atoms with Crippen molar-refractivity contribution in [2.24, 2.45) is 5.10 Å². The summed E-state index contributed by atoms with van der Waals surface area (Å²) in [4.78, 5) is 11.8. The lowest BCUT2D eigenvalue weighted by molar-refractivity contribution is -0.121. The van der Waals surface area contributed by atoms with Gasteiger partial charge in [0.2, 0.25) is 10.0 Å². The summed E-state index contributed by atoms with van der Waals surface area (Å²) in [7, 11) is -2.61. The Morgan fingerprint density at radius 1 is 1.15 bits per heavy atom. The molecule has 26 heavy (non-hydrogen) atoms. The Kier molecular flexibility index (Phi) is 6.59. The zero-order valence-corrected chi connectivity index (χ0v) is 15.3. The van der Waals surface area contributed by atoms with Crippen LogP contribution in [0.3, 0.4) is 0 Å². The second-order valence-electron chi connectivity index (χ2n) is 5.60. The molecule has 138 valence electrons. The van der Waals surface area contributed by atoms with Crippen molar-refractivity contribution in [3.05, 3.63) is 65.5 Å². The summed E-state index contributed by atoms with van der Waals surface area (Å²) in [6.07, 6.45) is 2.41. The number of likely N-dealkylation sites (N-methyl/N-ethyl adjacent to an activating group) is 1. The molecule has 6 nitrogen and oxygen atoms in total. The van der Waals surface area contributed by atoms with Crippen LogP contribution in [-0.2, 0) is 21.2 Å². The Balaban J connectivity index is 1.93. The number of aryl methyl sites for hydroxylation is 1. The maximum atomic E-state index is 12.9. The first-order chi connectivity index (χ1) is 12.3. The Morgan fingerprint density at radius 2 is 1.77 bits per heavy atom. The number of nitrogens with zero attached hydrogens (tertiary/aromatic N) is 2. The second-order valence-corrected chi connectivity index (χ2v) is 7.65. The smallest absolute Gasteiger partial charge is 0.255 e. The van der Waals surface area contributed by atoms with Gasteiger partial charge in [-0.2, -0.15) is 9.41 Å². The monoisotopic (exact) mass is 377 g/mol. The molecule has 0 radical (unpaired) electrons. The number of carbonyl (C=O) groups is 1. The molecular weight excluding hydrogens is 357 g/mol. The third-order valence-electron chi connectivity index (χ3n) is 3.68. The average Bonchev–Trinajstić information content (AvgIpc) is 2.62. The van der Waals surface area contributed by atoms with Crippen molar-refractivity contribution in [1.82, 2.24) is 9.73 Å². The average molecular weight is 377 g/mol. The molecule has 0 saturated heterocycles. The number of sulfonamides is 1. The van der Waals surface area contributed by atoms with E-state index in [0.717, 1.165) is 40.6 Å². The Morgan fingerprint density at radius 3 is 2.35 bits per heavy atom. The van der Waals surface area contributed by atoms with Crippen molar-refractivity contribution in [2.45, 2.75) is 18.2 Å². The van der Waals surface area contributed by atoms with Crippen LogP contribution in [-0.4, -0.2) is 38.4 Å². The first-order valence-electron chi connectivity index (χ1n) is 7.95. The second kappa shape index (κ2) is 8.68. The number of halogens is 1. The van der Waals surface area contributed by atoms with Crippen LogP contribution in [0.4, 0.5) is 4.39 Å². The van der Waals surface area contributed by atoms with E-state index >= 15 is 0 Å². The first kappa shape index (κ1) is 19.7. The highest BCUT2D eigenvalue weighted by Crippen LogP contribution is 2.14. The number of carbonyl (C=O) groups excluding carboxylic acids is 1. The quantitative estimate of drug-likeness (QED) is 0.593. The third-order valence-corrected chi connectivity index (χ3v) is 5.50. The van der Waals surface area contributed by atoms with Gasteiger partial charge in [0, 0.05) is 7.05 Å². The van der Waals surface area contributed by atoms with Gasteiger partial charge in [-0.25, -0.2) is 18.2 Å². The van der Waals surface area contributed by atoms with Crippen molar-refractivity contribution in [3.63, 3.8) is 0 Å². The van der Waals surface area contributed by atoms with E-state index in [-0.39, 0.29) is 4.90 Å². The fourth-order valence-corrected chi connectivity index (χ4v) is 3.25. The van der Waals surface area contributed by atoms with E-state index in [1.807, 2.05) is 24.3 Å². The van der Waals surface area contributed by atoms with Gasteiger partial charge in [0.25, 0.3) is 5.91 Å². The number of amides is 1. The highest BCUT2D eigenvalue weighted by atomic mass is 32.2. The largest absolute Gasteiger partial charge is 0.272 e. The first-order valence-corrected chi connectivity index (χ1v) is 9.39. The lowest BCUT2D eigenvalue weighted by Crippen LogP contribution is -2.36. The molecule has 0 aliphatic carbocycles. The lowest BCUT2D eigenvalue weighted by atomic mass is 10.1. The summed E-state index contributed by atoms with van der Waals surface area (Å²) in [6.45, 7) is 1.64. The van der Waals surface area contributed by atoms with Gasteiger partial charge in [0.05, 0.1) is 17.7 Å². The highest BCUT2D eigenvalue weighted by Gasteiger charge is 2.22. The SMILES string of the molecule is CCc1ccc(/C=N\NC(=O)CN(C)S(=O)(=O)c2ccc(F)cc2)cc1.